The lowest BCUT2D eigenvalue weighted by Crippen LogP contribution is -1.97. The Morgan fingerprint density at radius 2 is 1.82 bits per heavy atom. The van der Waals surface area contributed by atoms with Gasteiger partial charge in [-0.1, -0.05) is 17.7 Å². The van der Waals surface area contributed by atoms with Gasteiger partial charge in [-0.25, -0.2) is 0 Å². The minimum atomic E-state index is 0.183. The zero-order chi connectivity index (χ0) is 8.85. The first kappa shape index (κ1) is 10.2. The van der Waals surface area contributed by atoms with Crippen molar-refractivity contribution in [2.45, 2.75) is 34.1 Å². The monoisotopic (exact) mass is 152 g/mol. The van der Waals surface area contributed by atoms with Gasteiger partial charge in [0, 0.05) is 0 Å². The van der Waals surface area contributed by atoms with E-state index in [4.69, 9.17) is 0 Å². The van der Waals surface area contributed by atoms with Crippen molar-refractivity contribution in [1.82, 2.24) is 0 Å². The van der Waals surface area contributed by atoms with Gasteiger partial charge in [-0.15, -0.1) is 0 Å². The molecule has 0 radical (unpaired) electrons. The number of carbonyl (C=O) groups excluding carboxylic acids is 1. The number of carbonyl (C=O) groups is 1. The Labute approximate surface area is 68.8 Å². The van der Waals surface area contributed by atoms with Crippen LogP contribution < -0.4 is 0 Å². The molecule has 0 unspecified atom stereocenters. The van der Waals surface area contributed by atoms with Crippen LogP contribution in [0.1, 0.15) is 34.1 Å². The summed E-state index contributed by atoms with van der Waals surface area (Å²) in [4.78, 5) is 11.0. The molecule has 0 aliphatic carbocycles. The highest BCUT2D eigenvalue weighted by molar-refractivity contribution is 5.94. The highest BCUT2D eigenvalue weighted by atomic mass is 16.1. The molecule has 0 heterocycles. The van der Waals surface area contributed by atoms with Gasteiger partial charge in [0.1, 0.15) is 0 Å². The van der Waals surface area contributed by atoms with Crippen LogP contribution in [0.4, 0.5) is 0 Å². The van der Waals surface area contributed by atoms with Crippen molar-refractivity contribution in [2.24, 2.45) is 0 Å². The number of allylic oxidation sites excluding steroid dienone is 4. The number of hydrogen-bond acceptors (Lipinski definition) is 1. The zero-order valence-corrected chi connectivity index (χ0v) is 7.77. The van der Waals surface area contributed by atoms with Gasteiger partial charge >= 0.3 is 0 Å². The maximum atomic E-state index is 11.0. The summed E-state index contributed by atoms with van der Waals surface area (Å²) in [6.07, 6.45) is 4.74. The molecule has 0 aromatic carbocycles. The van der Waals surface area contributed by atoms with Crippen LogP contribution in [0.15, 0.2) is 23.3 Å². The van der Waals surface area contributed by atoms with Gasteiger partial charge < -0.3 is 0 Å². The summed E-state index contributed by atoms with van der Waals surface area (Å²) in [5.41, 5.74) is 2.05. The second kappa shape index (κ2) is 4.89. The standard InChI is InChI=1S/C10H16O/c1-5-6-7-10(8(2)3)9(4)11/h5-6H,7H2,1-4H3/b6-5-. The second-order valence-electron chi connectivity index (χ2n) is 2.81. The van der Waals surface area contributed by atoms with Crippen molar-refractivity contribution < 1.29 is 4.79 Å². The van der Waals surface area contributed by atoms with E-state index in [-0.39, 0.29) is 5.78 Å². The molecule has 0 saturated heterocycles. The number of rotatable bonds is 3. The van der Waals surface area contributed by atoms with E-state index in [0.29, 0.717) is 0 Å². The lowest BCUT2D eigenvalue weighted by atomic mass is 10.0. The second-order valence-corrected chi connectivity index (χ2v) is 2.81. The van der Waals surface area contributed by atoms with Crippen LogP contribution in [-0.2, 0) is 4.79 Å². The molecule has 11 heavy (non-hydrogen) atoms. The summed E-state index contributed by atoms with van der Waals surface area (Å²) >= 11 is 0. The van der Waals surface area contributed by atoms with Gasteiger partial charge in [0.25, 0.3) is 0 Å². The van der Waals surface area contributed by atoms with Crippen molar-refractivity contribution in [2.75, 3.05) is 0 Å². The van der Waals surface area contributed by atoms with Crippen molar-refractivity contribution in [3.63, 3.8) is 0 Å². The molecule has 0 bridgehead atoms. The van der Waals surface area contributed by atoms with Gasteiger partial charge in [-0.2, -0.15) is 0 Å². The van der Waals surface area contributed by atoms with Crippen LogP contribution in [0, 0.1) is 0 Å². The predicted octanol–water partition coefficient (Wildman–Crippen LogP) is 2.88. The lowest BCUT2D eigenvalue weighted by molar-refractivity contribution is -0.113. The van der Waals surface area contributed by atoms with Crippen LogP contribution in [-0.4, -0.2) is 5.78 Å². The van der Waals surface area contributed by atoms with E-state index in [1.807, 2.05) is 32.9 Å². The average Bonchev–Trinajstić information content (AvgIpc) is 1.87. The molecule has 0 aliphatic rings. The van der Waals surface area contributed by atoms with Gasteiger partial charge in [0.05, 0.1) is 0 Å². The van der Waals surface area contributed by atoms with Gasteiger partial charge in [0.2, 0.25) is 0 Å². The van der Waals surface area contributed by atoms with E-state index in [1.165, 1.54) is 0 Å². The van der Waals surface area contributed by atoms with E-state index in [2.05, 4.69) is 0 Å². The molecule has 0 amide bonds. The highest BCUT2D eigenvalue weighted by Crippen LogP contribution is 2.09. The third kappa shape index (κ3) is 3.76. The van der Waals surface area contributed by atoms with E-state index in [0.717, 1.165) is 17.6 Å². The Balaban J connectivity index is 4.38. The quantitative estimate of drug-likeness (QED) is 0.449. The molecule has 0 aromatic rings. The fourth-order valence-corrected chi connectivity index (χ4v) is 0.936. The summed E-state index contributed by atoms with van der Waals surface area (Å²) in [7, 11) is 0. The topological polar surface area (TPSA) is 17.1 Å². The Hall–Kier alpha value is -0.850. The summed E-state index contributed by atoms with van der Waals surface area (Å²) < 4.78 is 0. The summed E-state index contributed by atoms with van der Waals surface area (Å²) in [5, 5.41) is 0. The molecule has 0 fully saturated rings. The van der Waals surface area contributed by atoms with Crippen LogP contribution in [0.25, 0.3) is 0 Å². The maximum absolute atomic E-state index is 11.0. The predicted molar refractivity (Wildman–Crippen MR) is 48.5 cm³/mol. The van der Waals surface area contributed by atoms with E-state index < -0.39 is 0 Å². The largest absolute Gasteiger partial charge is 0.295 e. The first-order valence-corrected chi connectivity index (χ1v) is 3.88. The Morgan fingerprint density at radius 3 is 2.09 bits per heavy atom. The third-order valence-electron chi connectivity index (χ3n) is 1.59. The minimum absolute atomic E-state index is 0.183. The molecular weight excluding hydrogens is 136 g/mol. The molecule has 0 spiro atoms. The first-order chi connectivity index (χ1) is 5.09. The summed E-state index contributed by atoms with van der Waals surface area (Å²) in [6, 6.07) is 0. The molecule has 0 saturated carbocycles. The molecular formula is C10H16O. The number of hydrogen-bond donors (Lipinski definition) is 0. The Morgan fingerprint density at radius 1 is 1.27 bits per heavy atom. The van der Waals surface area contributed by atoms with E-state index in [1.54, 1.807) is 6.92 Å². The molecule has 0 aromatic heterocycles. The van der Waals surface area contributed by atoms with Crippen LogP contribution in [0.2, 0.25) is 0 Å². The zero-order valence-electron chi connectivity index (χ0n) is 7.77. The van der Waals surface area contributed by atoms with Crippen LogP contribution in [0.5, 0.6) is 0 Å². The number of ketones is 1. The minimum Gasteiger partial charge on any atom is -0.295 e. The molecule has 1 heteroatoms. The van der Waals surface area contributed by atoms with E-state index in [9.17, 15) is 4.79 Å². The first-order valence-electron chi connectivity index (χ1n) is 3.88. The van der Waals surface area contributed by atoms with Crippen molar-refractivity contribution in [1.29, 1.82) is 0 Å². The van der Waals surface area contributed by atoms with E-state index >= 15 is 0 Å². The van der Waals surface area contributed by atoms with Crippen molar-refractivity contribution >= 4 is 5.78 Å². The Bertz CT molecular complexity index is 193. The van der Waals surface area contributed by atoms with Crippen molar-refractivity contribution in [3.05, 3.63) is 23.3 Å². The normalized spacial score (nSPS) is 10.2. The smallest absolute Gasteiger partial charge is 0.156 e. The summed E-state index contributed by atoms with van der Waals surface area (Å²) in [6.45, 7) is 7.52. The van der Waals surface area contributed by atoms with Crippen LogP contribution in [0.3, 0.4) is 0 Å². The maximum Gasteiger partial charge on any atom is 0.156 e. The third-order valence-corrected chi connectivity index (χ3v) is 1.59. The molecule has 62 valence electrons. The number of Topliss-reactive ketones (excluding diaryl/α,β-unsaturated/α-hetero) is 1. The molecule has 0 atom stereocenters. The molecule has 1 nitrogen and oxygen atoms in total. The Kier molecular flexibility index (Phi) is 4.51. The fourth-order valence-electron chi connectivity index (χ4n) is 0.936. The lowest BCUT2D eigenvalue weighted by Gasteiger charge is -2.01. The van der Waals surface area contributed by atoms with Gasteiger partial charge in [-0.05, 0) is 39.7 Å². The molecule has 0 aliphatic heterocycles. The van der Waals surface area contributed by atoms with Crippen molar-refractivity contribution in [3.8, 4) is 0 Å². The summed E-state index contributed by atoms with van der Waals surface area (Å²) in [5.74, 6) is 0.183. The van der Waals surface area contributed by atoms with Crippen LogP contribution >= 0.6 is 0 Å². The highest BCUT2D eigenvalue weighted by Gasteiger charge is 2.02. The fraction of sp³-hybridized carbons (Fsp3) is 0.500. The molecule has 0 rings (SSSR count). The SMILES string of the molecule is C/C=C\CC(C(C)=O)=C(C)C. The van der Waals surface area contributed by atoms with Gasteiger partial charge in [-0.3, -0.25) is 4.79 Å². The average molecular weight is 152 g/mol. The molecule has 0 N–H and O–H groups in total. The van der Waals surface area contributed by atoms with Gasteiger partial charge in [0.15, 0.2) is 5.78 Å².